The summed E-state index contributed by atoms with van der Waals surface area (Å²) in [5.41, 5.74) is 0. The summed E-state index contributed by atoms with van der Waals surface area (Å²) in [6.45, 7) is 4.00. The number of nitrogens with zero attached hydrogens (tertiary/aromatic N) is 5. The third-order valence-corrected chi connectivity index (χ3v) is 7.48. The van der Waals surface area contributed by atoms with E-state index < -0.39 is 6.49 Å². The van der Waals surface area contributed by atoms with Crippen molar-refractivity contribution in [2.24, 2.45) is 0 Å². The number of imidazole rings is 2. The Morgan fingerprint density at radius 1 is 1.06 bits per heavy atom. The molecule has 0 amide bonds. The molecule has 92 valence electrons. The van der Waals surface area contributed by atoms with E-state index in [9.17, 15) is 0 Å². The molecule has 0 atom stereocenters. The second kappa shape index (κ2) is 5.12. The Kier molecular flexibility index (Phi) is 3.76. The van der Waals surface area contributed by atoms with E-state index in [1.165, 1.54) is 0 Å². The molecule has 0 N–H and O–H groups in total. The Balaban J connectivity index is 2.55. The first-order valence-electron chi connectivity index (χ1n) is 5.56. The predicted molar refractivity (Wildman–Crippen MR) is 72.5 cm³/mol. The zero-order valence-electron chi connectivity index (χ0n) is 9.97. The topological polar surface area (TPSA) is 38.9 Å². The fraction of sp³-hybridized carbons (Fsp3) is 0.400. The van der Waals surface area contributed by atoms with Crippen molar-refractivity contribution < 1.29 is 0 Å². The van der Waals surface area contributed by atoms with E-state index in [1.54, 1.807) is 25.0 Å². The highest BCUT2D eigenvalue weighted by Gasteiger charge is 2.27. The van der Waals surface area contributed by atoms with Gasteiger partial charge in [0.2, 0.25) is 6.49 Å². The standard InChI is InChI=1S/C10H16N5PS/c1-3-13(4-2)16(17,14-7-5-11-9-14)15-8-6-12-10-15/h5-10H,3-4H2,1-2H3. The highest BCUT2D eigenvalue weighted by atomic mass is 32.4. The molecule has 0 spiro atoms. The van der Waals surface area contributed by atoms with Crippen LogP contribution in [0, 0.1) is 0 Å². The van der Waals surface area contributed by atoms with Gasteiger partial charge in [-0.25, -0.2) is 14.6 Å². The van der Waals surface area contributed by atoms with Crippen molar-refractivity contribution in [3.8, 4) is 0 Å². The Morgan fingerprint density at radius 2 is 1.53 bits per heavy atom. The third kappa shape index (κ3) is 2.08. The molecule has 0 unspecified atom stereocenters. The number of aromatic nitrogens is 4. The summed E-state index contributed by atoms with van der Waals surface area (Å²) in [4.78, 5) is 8.23. The third-order valence-electron chi connectivity index (χ3n) is 2.68. The maximum absolute atomic E-state index is 5.94. The van der Waals surface area contributed by atoms with Crippen molar-refractivity contribution in [3.05, 3.63) is 37.4 Å². The van der Waals surface area contributed by atoms with Crippen LogP contribution in [0.5, 0.6) is 0 Å². The van der Waals surface area contributed by atoms with Crippen LogP contribution in [0.15, 0.2) is 37.4 Å². The lowest BCUT2D eigenvalue weighted by molar-refractivity contribution is 0.493. The van der Waals surface area contributed by atoms with Gasteiger partial charge in [0.15, 0.2) is 0 Å². The first kappa shape index (κ1) is 12.5. The monoisotopic (exact) mass is 269 g/mol. The molecule has 2 rings (SSSR count). The van der Waals surface area contributed by atoms with Gasteiger partial charge in [-0.05, 0) is 11.8 Å². The first-order valence-corrected chi connectivity index (χ1v) is 8.22. The van der Waals surface area contributed by atoms with Crippen LogP contribution in [0.3, 0.4) is 0 Å². The lowest BCUT2D eigenvalue weighted by Crippen LogP contribution is -2.26. The van der Waals surface area contributed by atoms with E-state index in [2.05, 4.69) is 28.5 Å². The molecule has 7 heteroatoms. The van der Waals surface area contributed by atoms with E-state index in [-0.39, 0.29) is 0 Å². The van der Waals surface area contributed by atoms with Gasteiger partial charge < -0.3 is 0 Å². The Labute approximate surface area is 106 Å². The average Bonchev–Trinajstić information content (AvgIpc) is 3.04. The molecule has 0 saturated carbocycles. The van der Waals surface area contributed by atoms with Gasteiger partial charge in [-0.3, -0.25) is 8.68 Å². The Hall–Kier alpha value is -0.970. The normalized spacial score (nSPS) is 12.2. The van der Waals surface area contributed by atoms with Crippen LogP contribution in [-0.2, 0) is 11.8 Å². The molecule has 0 saturated heterocycles. The zero-order chi connectivity index (χ0) is 12.3. The van der Waals surface area contributed by atoms with Gasteiger partial charge in [0, 0.05) is 37.9 Å². The minimum Gasteiger partial charge on any atom is -0.280 e. The summed E-state index contributed by atoms with van der Waals surface area (Å²) in [6, 6.07) is 0. The van der Waals surface area contributed by atoms with Crippen LogP contribution < -0.4 is 0 Å². The van der Waals surface area contributed by atoms with Gasteiger partial charge in [0.05, 0.1) is 0 Å². The Morgan fingerprint density at radius 3 is 1.82 bits per heavy atom. The zero-order valence-corrected chi connectivity index (χ0v) is 11.7. The molecule has 0 aliphatic rings. The van der Waals surface area contributed by atoms with E-state index in [1.807, 2.05) is 21.1 Å². The minimum absolute atomic E-state index is 0.907. The maximum atomic E-state index is 5.94. The summed E-state index contributed by atoms with van der Waals surface area (Å²) in [6.07, 6.45) is 11.0. The lowest BCUT2D eigenvalue weighted by Gasteiger charge is -2.34. The molecule has 5 nitrogen and oxygen atoms in total. The van der Waals surface area contributed by atoms with Crippen molar-refractivity contribution in [3.63, 3.8) is 0 Å². The fourth-order valence-electron chi connectivity index (χ4n) is 1.82. The quantitative estimate of drug-likeness (QED) is 0.779. The van der Waals surface area contributed by atoms with Crippen LogP contribution in [0.1, 0.15) is 13.8 Å². The minimum atomic E-state index is -2.06. The van der Waals surface area contributed by atoms with Gasteiger partial charge in [0.25, 0.3) is 0 Å². The molecule has 2 aromatic heterocycles. The van der Waals surface area contributed by atoms with E-state index in [0.29, 0.717) is 0 Å². The van der Waals surface area contributed by atoms with Gasteiger partial charge >= 0.3 is 0 Å². The molecule has 2 heterocycles. The maximum Gasteiger partial charge on any atom is 0.204 e. The van der Waals surface area contributed by atoms with Crippen LogP contribution in [0.4, 0.5) is 0 Å². The predicted octanol–water partition coefficient (Wildman–Crippen LogP) is 2.04. The molecule has 0 fully saturated rings. The van der Waals surface area contributed by atoms with Crippen molar-refractivity contribution in [2.45, 2.75) is 13.8 Å². The first-order chi connectivity index (χ1) is 8.23. The van der Waals surface area contributed by atoms with E-state index in [4.69, 9.17) is 11.8 Å². The van der Waals surface area contributed by atoms with Crippen LogP contribution >= 0.6 is 6.49 Å². The molecule has 17 heavy (non-hydrogen) atoms. The SMILES string of the molecule is CCN(CC)P(=S)(n1ccnc1)n1ccnc1. The number of hydrogen-bond acceptors (Lipinski definition) is 3. The summed E-state index contributed by atoms with van der Waals surface area (Å²) in [5.74, 6) is 0. The summed E-state index contributed by atoms with van der Waals surface area (Å²) < 4.78 is 6.33. The Bertz CT molecular complexity index is 451. The summed E-state index contributed by atoms with van der Waals surface area (Å²) in [5, 5.41) is 0. The number of rotatable bonds is 5. The molecular weight excluding hydrogens is 253 g/mol. The molecule has 0 aromatic carbocycles. The van der Waals surface area contributed by atoms with Crippen LogP contribution in [0.2, 0.25) is 0 Å². The smallest absolute Gasteiger partial charge is 0.204 e. The fourth-order valence-corrected chi connectivity index (χ4v) is 5.50. The highest BCUT2D eigenvalue weighted by Crippen LogP contribution is 2.51. The van der Waals surface area contributed by atoms with Gasteiger partial charge in [0.1, 0.15) is 12.7 Å². The second-order valence-electron chi connectivity index (χ2n) is 3.54. The second-order valence-corrected chi connectivity index (χ2v) is 7.52. The molecule has 2 aromatic rings. The van der Waals surface area contributed by atoms with Gasteiger partial charge in [-0.2, -0.15) is 0 Å². The van der Waals surface area contributed by atoms with Crippen molar-refractivity contribution in [2.75, 3.05) is 13.1 Å². The number of hydrogen-bond donors (Lipinski definition) is 0. The molecular formula is C10H16N5PS. The van der Waals surface area contributed by atoms with E-state index >= 15 is 0 Å². The van der Waals surface area contributed by atoms with Crippen molar-refractivity contribution in [1.29, 1.82) is 0 Å². The molecule has 0 aliphatic carbocycles. The highest BCUT2D eigenvalue weighted by molar-refractivity contribution is 8.11. The molecule has 0 radical (unpaired) electrons. The summed E-state index contributed by atoms with van der Waals surface area (Å²) in [7, 11) is 0. The lowest BCUT2D eigenvalue weighted by atomic mass is 10.7. The van der Waals surface area contributed by atoms with Gasteiger partial charge in [-0.1, -0.05) is 13.8 Å². The van der Waals surface area contributed by atoms with E-state index in [0.717, 1.165) is 13.1 Å². The van der Waals surface area contributed by atoms with Crippen LogP contribution in [-0.4, -0.2) is 36.4 Å². The molecule has 0 aliphatic heterocycles. The van der Waals surface area contributed by atoms with Crippen LogP contribution in [0.25, 0.3) is 0 Å². The summed E-state index contributed by atoms with van der Waals surface area (Å²) >= 11 is 5.94. The van der Waals surface area contributed by atoms with Crippen molar-refractivity contribution >= 4 is 18.3 Å². The average molecular weight is 269 g/mol. The van der Waals surface area contributed by atoms with Crippen molar-refractivity contribution in [1.82, 2.24) is 23.3 Å². The molecule has 0 bridgehead atoms. The largest absolute Gasteiger partial charge is 0.280 e. The van der Waals surface area contributed by atoms with Gasteiger partial charge in [-0.15, -0.1) is 0 Å².